The monoisotopic (exact) mass is 437 g/mol. The number of hydrogen-bond donors (Lipinski definition) is 0. The predicted molar refractivity (Wildman–Crippen MR) is 113 cm³/mol. The Hall–Kier alpha value is -3.53. The Morgan fingerprint density at radius 2 is 1.77 bits per heavy atom. The number of benzene rings is 1. The van der Waals surface area contributed by atoms with Crippen LogP contribution in [0, 0.1) is 0 Å². The number of piperidine rings is 1. The van der Waals surface area contributed by atoms with E-state index >= 15 is 0 Å². The molecule has 158 valence electrons. The maximum Gasteiger partial charge on any atom is 0.225 e. The first-order valence-corrected chi connectivity index (χ1v) is 10.3. The van der Waals surface area contributed by atoms with Gasteiger partial charge >= 0.3 is 0 Å². The lowest BCUT2D eigenvalue weighted by atomic mass is 10.1. The fourth-order valence-corrected chi connectivity index (χ4v) is 3.61. The van der Waals surface area contributed by atoms with Gasteiger partial charge < -0.3 is 9.64 Å². The summed E-state index contributed by atoms with van der Waals surface area (Å²) in [6.45, 7) is 2.05. The van der Waals surface area contributed by atoms with Crippen LogP contribution in [0.1, 0.15) is 24.6 Å². The molecule has 0 atom stereocenters. The Bertz CT molecular complexity index is 1100. The van der Waals surface area contributed by atoms with Crippen molar-refractivity contribution in [1.29, 1.82) is 0 Å². The lowest BCUT2D eigenvalue weighted by Gasteiger charge is -2.31. The second-order valence-corrected chi connectivity index (χ2v) is 7.63. The molecule has 1 aliphatic rings. The zero-order valence-corrected chi connectivity index (χ0v) is 17.4. The highest BCUT2D eigenvalue weighted by Gasteiger charge is 2.23. The molecule has 1 saturated heterocycles. The number of anilines is 1. The molecule has 0 saturated carbocycles. The molecule has 0 bridgehead atoms. The van der Waals surface area contributed by atoms with Gasteiger partial charge in [0, 0.05) is 13.1 Å². The van der Waals surface area contributed by atoms with Gasteiger partial charge in [-0.15, -0.1) is 0 Å². The summed E-state index contributed by atoms with van der Waals surface area (Å²) < 4.78 is 7.55. The number of ether oxygens (including phenoxy) is 1. The fraction of sp³-hybridized carbons (Fsp3) is 0.300. The largest absolute Gasteiger partial charge is 0.487 e. The van der Waals surface area contributed by atoms with Gasteiger partial charge in [-0.3, -0.25) is 0 Å². The van der Waals surface area contributed by atoms with E-state index in [1.807, 2.05) is 24.3 Å². The zero-order chi connectivity index (χ0) is 21.0. The van der Waals surface area contributed by atoms with E-state index < -0.39 is 0 Å². The molecule has 0 N–H and O–H groups in total. The summed E-state index contributed by atoms with van der Waals surface area (Å²) >= 11 is 5.87. The van der Waals surface area contributed by atoms with E-state index in [-0.39, 0.29) is 6.04 Å². The van der Waals surface area contributed by atoms with Crippen LogP contribution in [0.5, 0.6) is 5.75 Å². The minimum atomic E-state index is 0.249. The van der Waals surface area contributed by atoms with Crippen LogP contribution in [-0.2, 0) is 6.61 Å². The molecule has 11 heteroatoms. The number of halogens is 1. The maximum atomic E-state index is 5.87. The van der Waals surface area contributed by atoms with Gasteiger partial charge in [-0.25, -0.2) is 19.6 Å². The molecular formula is C20H20ClN9O. The molecule has 1 fully saturated rings. The van der Waals surface area contributed by atoms with Gasteiger partial charge in [0.25, 0.3) is 0 Å². The van der Waals surface area contributed by atoms with Crippen LogP contribution in [0.15, 0.2) is 55.5 Å². The van der Waals surface area contributed by atoms with Gasteiger partial charge in [0.05, 0.1) is 35.3 Å². The molecule has 1 aromatic carbocycles. The Morgan fingerprint density at radius 3 is 2.48 bits per heavy atom. The predicted octanol–water partition coefficient (Wildman–Crippen LogP) is 2.72. The van der Waals surface area contributed by atoms with Crippen LogP contribution in [0.25, 0.3) is 5.69 Å². The lowest BCUT2D eigenvalue weighted by molar-refractivity contribution is 0.291. The van der Waals surface area contributed by atoms with Crippen molar-refractivity contribution in [2.45, 2.75) is 25.5 Å². The van der Waals surface area contributed by atoms with Gasteiger partial charge in [0.1, 0.15) is 30.7 Å². The highest BCUT2D eigenvalue weighted by molar-refractivity contribution is 6.30. The molecule has 4 heterocycles. The Labute approximate surface area is 183 Å². The number of hydrogen-bond acceptors (Lipinski definition) is 8. The van der Waals surface area contributed by atoms with E-state index in [0.29, 0.717) is 17.6 Å². The Balaban J connectivity index is 1.14. The summed E-state index contributed by atoms with van der Waals surface area (Å²) in [5.41, 5.74) is 1.72. The maximum absolute atomic E-state index is 5.87. The molecule has 3 aromatic heterocycles. The minimum absolute atomic E-state index is 0.249. The average molecular weight is 438 g/mol. The first kappa shape index (κ1) is 19.4. The number of nitrogens with zero attached hydrogens (tertiary/aromatic N) is 9. The second-order valence-electron chi connectivity index (χ2n) is 7.20. The van der Waals surface area contributed by atoms with Gasteiger partial charge in [-0.05, 0) is 37.1 Å². The van der Waals surface area contributed by atoms with Crippen LogP contribution >= 0.6 is 11.6 Å². The molecule has 0 spiro atoms. The summed E-state index contributed by atoms with van der Waals surface area (Å²) in [6.07, 6.45) is 10.0. The molecular weight excluding hydrogens is 418 g/mol. The van der Waals surface area contributed by atoms with Crippen LogP contribution in [0.3, 0.4) is 0 Å². The van der Waals surface area contributed by atoms with E-state index in [1.54, 1.807) is 34.4 Å². The lowest BCUT2D eigenvalue weighted by Crippen LogP contribution is -2.36. The van der Waals surface area contributed by atoms with E-state index in [0.717, 1.165) is 43.1 Å². The number of rotatable bonds is 6. The standard InChI is InChI=1S/C20H20ClN9O/c21-15-9-23-20(24-10-15)28-7-5-18(6-8-28)30-25-11-16(27-30)12-31-19-3-1-17(2-4-19)29-14-22-13-26-29/h1-4,9-11,13-14,18H,5-8,12H2. The van der Waals surface area contributed by atoms with Crippen molar-refractivity contribution >= 4 is 17.5 Å². The summed E-state index contributed by atoms with van der Waals surface area (Å²) in [4.78, 5) is 16.5. The van der Waals surface area contributed by atoms with Crippen molar-refractivity contribution in [2.75, 3.05) is 18.0 Å². The Morgan fingerprint density at radius 1 is 1.00 bits per heavy atom. The third-order valence-electron chi connectivity index (χ3n) is 5.14. The topological polar surface area (TPSA) is 99.7 Å². The summed E-state index contributed by atoms with van der Waals surface area (Å²) in [5, 5.41) is 13.7. The minimum Gasteiger partial charge on any atom is -0.487 e. The third-order valence-corrected chi connectivity index (χ3v) is 5.34. The van der Waals surface area contributed by atoms with Crippen molar-refractivity contribution in [2.24, 2.45) is 0 Å². The quantitative estimate of drug-likeness (QED) is 0.454. The summed E-state index contributed by atoms with van der Waals surface area (Å²) in [5.74, 6) is 1.47. The first-order chi connectivity index (χ1) is 15.2. The highest BCUT2D eigenvalue weighted by Crippen LogP contribution is 2.24. The van der Waals surface area contributed by atoms with Crippen molar-refractivity contribution in [3.05, 3.63) is 66.2 Å². The zero-order valence-electron chi connectivity index (χ0n) is 16.6. The third kappa shape index (κ3) is 4.48. The van der Waals surface area contributed by atoms with Crippen molar-refractivity contribution in [3.8, 4) is 11.4 Å². The van der Waals surface area contributed by atoms with Crippen LogP contribution < -0.4 is 9.64 Å². The molecule has 1 aliphatic heterocycles. The van der Waals surface area contributed by atoms with E-state index in [9.17, 15) is 0 Å². The van der Waals surface area contributed by atoms with Crippen LogP contribution in [-0.4, -0.2) is 52.8 Å². The molecule has 0 amide bonds. The first-order valence-electron chi connectivity index (χ1n) is 9.96. The summed E-state index contributed by atoms with van der Waals surface area (Å²) in [7, 11) is 0. The molecule has 31 heavy (non-hydrogen) atoms. The molecule has 10 nitrogen and oxygen atoms in total. The van der Waals surface area contributed by atoms with Crippen LogP contribution in [0.2, 0.25) is 5.02 Å². The normalized spacial score (nSPS) is 14.7. The number of aromatic nitrogens is 8. The average Bonchev–Trinajstić information content (AvgIpc) is 3.51. The van der Waals surface area contributed by atoms with Crippen molar-refractivity contribution in [3.63, 3.8) is 0 Å². The van der Waals surface area contributed by atoms with Crippen molar-refractivity contribution < 1.29 is 4.74 Å². The smallest absolute Gasteiger partial charge is 0.225 e. The summed E-state index contributed by atoms with van der Waals surface area (Å²) in [6, 6.07) is 7.91. The SMILES string of the molecule is Clc1cnc(N2CCC(n3ncc(COc4ccc(-n5cncn5)cc4)n3)CC2)nc1. The molecule has 4 aromatic rings. The van der Waals surface area contributed by atoms with Crippen molar-refractivity contribution in [1.82, 2.24) is 39.7 Å². The Kier molecular flexibility index (Phi) is 5.44. The second kappa shape index (κ2) is 8.68. The molecule has 5 rings (SSSR count). The van der Waals surface area contributed by atoms with Gasteiger partial charge in [0.2, 0.25) is 5.95 Å². The van der Waals surface area contributed by atoms with Crippen LogP contribution in [0.4, 0.5) is 5.95 Å². The molecule has 0 radical (unpaired) electrons. The van der Waals surface area contributed by atoms with Gasteiger partial charge in [-0.1, -0.05) is 11.6 Å². The molecule has 0 unspecified atom stereocenters. The highest BCUT2D eigenvalue weighted by atomic mass is 35.5. The van der Waals surface area contributed by atoms with E-state index in [1.165, 1.54) is 6.33 Å². The van der Waals surface area contributed by atoms with Gasteiger partial charge in [-0.2, -0.15) is 20.1 Å². The van der Waals surface area contributed by atoms with Gasteiger partial charge in [0.15, 0.2) is 0 Å². The van der Waals surface area contributed by atoms with E-state index in [4.69, 9.17) is 16.3 Å². The molecule has 0 aliphatic carbocycles. The van der Waals surface area contributed by atoms with E-state index in [2.05, 4.69) is 35.1 Å². The fourth-order valence-electron chi connectivity index (χ4n) is 3.51.